The van der Waals surface area contributed by atoms with E-state index in [1.807, 2.05) is 0 Å². The zero-order valence-electron chi connectivity index (χ0n) is 17.6. The van der Waals surface area contributed by atoms with Gasteiger partial charge >= 0.3 is 0 Å². The summed E-state index contributed by atoms with van der Waals surface area (Å²) in [4.78, 5) is 10.4. The lowest BCUT2D eigenvalue weighted by Gasteiger charge is -2.17. The number of aromatic nitrogens is 3. The van der Waals surface area contributed by atoms with Crippen LogP contribution in [0.25, 0.3) is 32.7 Å². The summed E-state index contributed by atoms with van der Waals surface area (Å²) < 4.78 is 3.30. The number of aryl methyl sites for hydroxylation is 1. The van der Waals surface area contributed by atoms with Crippen LogP contribution in [0.1, 0.15) is 29.0 Å². The van der Waals surface area contributed by atoms with Gasteiger partial charge in [0.15, 0.2) is 0 Å². The lowest BCUT2D eigenvalue weighted by atomic mass is 9.86. The zero-order chi connectivity index (χ0) is 22.5. The van der Waals surface area contributed by atoms with Crippen LogP contribution in [0, 0.1) is 0 Å². The molecule has 3 nitrogen and oxygen atoms in total. The molecule has 0 fully saturated rings. The third-order valence-electron chi connectivity index (χ3n) is 6.53. The predicted molar refractivity (Wildman–Crippen MR) is 148 cm³/mol. The molecule has 0 bridgehead atoms. The third-order valence-corrected chi connectivity index (χ3v) is 8.01. The fourth-order valence-corrected chi connectivity index (χ4v) is 6.02. The maximum atomic E-state index is 3.67. The fourth-order valence-electron chi connectivity index (χ4n) is 4.94. The minimum Gasteiger partial charge on any atom is -0.361 e. The topological polar surface area (TPSA) is 47.4 Å². The van der Waals surface area contributed by atoms with E-state index in [2.05, 4.69) is 136 Å². The summed E-state index contributed by atoms with van der Waals surface area (Å²) in [6, 6.07) is 19.3. The number of fused-ring (bicyclic) bond motifs is 3. The first-order valence-electron chi connectivity index (χ1n) is 10.9. The van der Waals surface area contributed by atoms with Crippen molar-refractivity contribution in [2.75, 3.05) is 0 Å². The molecule has 3 N–H and O–H groups in total. The van der Waals surface area contributed by atoms with E-state index in [9.17, 15) is 0 Å². The van der Waals surface area contributed by atoms with Crippen LogP contribution < -0.4 is 0 Å². The Kier molecular flexibility index (Phi) is 5.47. The second-order valence-corrected chi connectivity index (χ2v) is 11.2. The first kappa shape index (κ1) is 21.3. The van der Waals surface area contributed by atoms with E-state index in [4.69, 9.17) is 0 Å². The van der Waals surface area contributed by atoms with Gasteiger partial charge in [-0.2, -0.15) is 0 Å². The molecule has 3 aromatic carbocycles. The van der Waals surface area contributed by atoms with E-state index < -0.39 is 0 Å². The monoisotopic (exact) mass is 623 g/mol. The Morgan fingerprint density at radius 3 is 1.58 bits per heavy atom. The highest BCUT2D eigenvalue weighted by atomic mass is 79.9. The van der Waals surface area contributed by atoms with Gasteiger partial charge in [-0.25, -0.2) is 0 Å². The Morgan fingerprint density at radius 2 is 1.03 bits per heavy atom. The molecule has 0 atom stereocenters. The van der Waals surface area contributed by atoms with E-state index in [0.29, 0.717) is 0 Å². The molecule has 0 radical (unpaired) electrons. The lowest BCUT2D eigenvalue weighted by Crippen LogP contribution is -2.02. The van der Waals surface area contributed by atoms with Crippen molar-refractivity contribution in [3.8, 4) is 0 Å². The molecule has 164 valence electrons. The van der Waals surface area contributed by atoms with E-state index >= 15 is 0 Å². The number of nitrogens with one attached hydrogen (secondary N) is 3. The van der Waals surface area contributed by atoms with Crippen LogP contribution >= 0.6 is 47.8 Å². The number of aromatic amines is 3. The Bertz CT molecular complexity index is 1540. The SMILES string of the molecule is Brc1ccc2[nH]cc(CCC(c3c[nH]c4ccc(Br)cc34)c3c[nH]c4ccc(Br)cc34)c2c1. The van der Waals surface area contributed by atoms with Crippen molar-refractivity contribution in [2.24, 2.45) is 0 Å². The first-order chi connectivity index (χ1) is 16.1. The van der Waals surface area contributed by atoms with Gasteiger partial charge in [-0.15, -0.1) is 0 Å². The summed E-state index contributed by atoms with van der Waals surface area (Å²) in [5.74, 6) is 0.244. The molecule has 0 spiro atoms. The van der Waals surface area contributed by atoms with Crippen LogP contribution in [-0.2, 0) is 6.42 Å². The predicted octanol–water partition coefficient (Wildman–Crippen LogP) is 9.18. The smallest absolute Gasteiger partial charge is 0.0457 e. The molecule has 0 aliphatic carbocycles. The van der Waals surface area contributed by atoms with Crippen molar-refractivity contribution >= 4 is 80.5 Å². The molecule has 6 rings (SSSR count). The summed E-state index contributed by atoms with van der Waals surface area (Å²) >= 11 is 11.0. The summed E-state index contributed by atoms with van der Waals surface area (Å²) in [6.45, 7) is 0. The standard InChI is InChI=1S/C27H20Br3N3/c28-16-2-6-25-20(9-16)15(12-31-25)1-5-19(23-13-32-26-7-3-17(29)10-21(23)26)24-14-33-27-8-4-18(30)11-22(24)27/h2-4,6-14,19,31-33H,1,5H2. The van der Waals surface area contributed by atoms with Gasteiger partial charge in [-0.1, -0.05) is 47.8 Å². The molecule has 33 heavy (non-hydrogen) atoms. The summed E-state index contributed by atoms with van der Waals surface area (Å²) in [7, 11) is 0. The van der Waals surface area contributed by atoms with Gasteiger partial charge in [0.05, 0.1) is 0 Å². The van der Waals surface area contributed by atoms with Gasteiger partial charge in [0.2, 0.25) is 0 Å². The van der Waals surface area contributed by atoms with E-state index in [-0.39, 0.29) is 5.92 Å². The molecule has 0 aliphatic heterocycles. The molecule has 6 aromatic rings. The fraction of sp³-hybridized carbons (Fsp3) is 0.111. The van der Waals surface area contributed by atoms with E-state index in [0.717, 1.165) is 37.3 Å². The molecular formula is C27H20Br3N3. The Balaban J connectivity index is 1.47. The average Bonchev–Trinajstić information content (AvgIpc) is 3.51. The highest BCUT2D eigenvalue weighted by Gasteiger charge is 2.22. The molecule has 0 saturated carbocycles. The average molecular weight is 626 g/mol. The second-order valence-electron chi connectivity index (χ2n) is 8.46. The Labute approximate surface area is 216 Å². The van der Waals surface area contributed by atoms with Crippen LogP contribution in [0.4, 0.5) is 0 Å². The van der Waals surface area contributed by atoms with E-state index in [1.165, 1.54) is 38.4 Å². The molecule has 3 aromatic heterocycles. The van der Waals surface area contributed by atoms with E-state index in [1.54, 1.807) is 0 Å². The largest absolute Gasteiger partial charge is 0.361 e. The van der Waals surface area contributed by atoms with Crippen molar-refractivity contribution in [3.05, 3.63) is 103 Å². The van der Waals surface area contributed by atoms with Gasteiger partial charge in [0, 0.05) is 70.6 Å². The van der Waals surface area contributed by atoms with Crippen LogP contribution in [-0.4, -0.2) is 15.0 Å². The highest BCUT2D eigenvalue weighted by Crippen LogP contribution is 2.39. The van der Waals surface area contributed by atoms with Gasteiger partial charge in [-0.05, 0) is 84.1 Å². The number of rotatable bonds is 5. The molecule has 3 heterocycles. The number of benzene rings is 3. The molecule has 0 unspecified atom stereocenters. The van der Waals surface area contributed by atoms with Crippen molar-refractivity contribution in [1.29, 1.82) is 0 Å². The van der Waals surface area contributed by atoms with Crippen LogP contribution in [0.5, 0.6) is 0 Å². The molecule has 6 heteroatoms. The number of hydrogen-bond acceptors (Lipinski definition) is 0. The van der Waals surface area contributed by atoms with Crippen molar-refractivity contribution < 1.29 is 0 Å². The lowest BCUT2D eigenvalue weighted by molar-refractivity contribution is 0.726. The molecule has 0 amide bonds. The first-order valence-corrected chi connectivity index (χ1v) is 13.2. The van der Waals surface area contributed by atoms with Crippen LogP contribution in [0.3, 0.4) is 0 Å². The Morgan fingerprint density at radius 1 is 0.576 bits per heavy atom. The number of halogens is 3. The highest BCUT2D eigenvalue weighted by molar-refractivity contribution is 9.11. The Hall–Kier alpha value is -2.28. The van der Waals surface area contributed by atoms with Gasteiger partial charge in [0.25, 0.3) is 0 Å². The van der Waals surface area contributed by atoms with Gasteiger partial charge < -0.3 is 15.0 Å². The van der Waals surface area contributed by atoms with Gasteiger partial charge in [-0.3, -0.25) is 0 Å². The van der Waals surface area contributed by atoms with Crippen molar-refractivity contribution in [1.82, 2.24) is 15.0 Å². The van der Waals surface area contributed by atoms with Crippen molar-refractivity contribution in [3.63, 3.8) is 0 Å². The number of hydrogen-bond donors (Lipinski definition) is 3. The second kappa shape index (κ2) is 8.49. The van der Waals surface area contributed by atoms with Crippen LogP contribution in [0.2, 0.25) is 0 Å². The summed E-state index contributed by atoms with van der Waals surface area (Å²) in [5, 5.41) is 3.81. The molecular weight excluding hydrogens is 606 g/mol. The maximum Gasteiger partial charge on any atom is 0.0457 e. The van der Waals surface area contributed by atoms with Gasteiger partial charge in [0.1, 0.15) is 0 Å². The van der Waals surface area contributed by atoms with Crippen LogP contribution in [0.15, 0.2) is 86.6 Å². The summed E-state index contributed by atoms with van der Waals surface area (Å²) in [5.41, 5.74) is 7.50. The normalized spacial score (nSPS) is 12.0. The maximum absolute atomic E-state index is 3.67. The number of H-pyrrole nitrogens is 3. The molecule has 0 saturated heterocycles. The zero-order valence-corrected chi connectivity index (χ0v) is 22.3. The molecule has 0 aliphatic rings. The third kappa shape index (κ3) is 3.88. The summed E-state index contributed by atoms with van der Waals surface area (Å²) in [6.07, 6.45) is 8.50. The minimum absolute atomic E-state index is 0.244. The minimum atomic E-state index is 0.244. The van der Waals surface area contributed by atoms with Crippen molar-refractivity contribution in [2.45, 2.75) is 18.8 Å². The quantitative estimate of drug-likeness (QED) is 0.171.